The van der Waals surface area contributed by atoms with Gasteiger partial charge in [-0.15, -0.1) is 11.3 Å². The zero-order chi connectivity index (χ0) is 74.1. The van der Waals surface area contributed by atoms with Gasteiger partial charge in [-0.1, -0.05) is 370 Å². The minimum Gasteiger partial charge on any atom is -0.455 e. The zero-order valence-corrected chi connectivity index (χ0v) is 61.7. The fourth-order valence-corrected chi connectivity index (χ4v) is 19.1. The van der Waals surface area contributed by atoms with Crippen LogP contribution in [0.1, 0.15) is 44.5 Å². The number of fused-ring (bicyclic) bond motifs is 12. The van der Waals surface area contributed by atoms with Gasteiger partial charge < -0.3 is 4.42 Å². The summed E-state index contributed by atoms with van der Waals surface area (Å²) in [7, 11) is 0. The monoisotopic (exact) mass is 1440 g/mol. The molecule has 5 nitrogen and oxygen atoms in total. The summed E-state index contributed by atoms with van der Waals surface area (Å²) < 4.78 is 9.40. The van der Waals surface area contributed by atoms with Crippen molar-refractivity contribution in [1.82, 2.24) is 19.9 Å². The topological polar surface area (TPSA) is 64.7 Å². The van der Waals surface area contributed by atoms with Crippen LogP contribution in [0.2, 0.25) is 0 Å². The molecule has 0 spiro atoms. The Balaban J connectivity index is 0.000000141. The lowest BCUT2D eigenvalue weighted by atomic mass is 9.67. The minimum absolute atomic E-state index is 0.466. The Kier molecular flexibility index (Phi) is 16.1. The van der Waals surface area contributed by atoms with Crippen molar-refractivity contribution in [3.05, 3.63) is 457 Å². The molecular weight excluding hydrogens is 1380 g/mol. The van der Waals surface area contributed by atoms with Crippen LogP contribution in [0.3, 0.4) is 0 Å². The second-order valence-electron chi connectivity index (χ2n) is 28.9. The first-order valence-electron chi connectivity index (χ1n) is 38.2. The van der Waals surface area contributed by atoms with Crippen molar-refractivity contribution < 1.29 is 4.42 Å². The molecule has 524 valence electrons. The molecule has 4 heterocycles. The van der Waals surface area contributed by atoms with E-state index in [2.05, 4.69) is 358 Å². The second-order valence-corrected chi connectivity index (χ2v) is 29.9. The number of thiophene rings is 1. The summed E-state index contributed by atoms with van der Waals surface area (Å²) in [6.45, 7) is 0. The number of aromatic nitrogens is 4. The zero-order valence-electron chi connectivity index (χ0n) is 60.9. The van der Waals surface area contributed by atoms with E-state index in [0.717, 1.165) is 95.0 Å². The molecule has 0 aliphatic heterocycles. The normalized spacial score (nSPS) is 12.8. The third-order valence-electron chi connectivity index (χ3n) is 22.8. The van der Waals surface area contributed by atoms with Gasteiger partial charge in [0.25, 0.3) is 0 Å². The maximum atomic E-state index is 6.89. The van der Waals surface area contributed by atoms with E-state index in [1.807, 2.05) is 65.9 Å². The predicted octanol–water partition coefficient (Wildman–Crippen LogP) is 27.3. The molecule has 0 N–H and O–H groups in total. The van der Waals surface area contributed by atoms with Crippen LogP contribution in [-0.4, -0.2) is 19.9 Å². The van der Waals surface area contributed by atoms with Gasteiger partial charge >= 0.3 is 0 Å². The van der Waals surface area contributed by atoms with Gasteiger partial charge in [-0.05, 0) is 126 Å². The SMILES string of the molecule is c1ccc(-c2cc(-c3ccc(-c4ccc5c(c4)C(c4ccccc4)(c4ccccc4)c4ccccc4-5)c4oc5ccccc5c34)nc(-c3ccccc3)n2)cc1.c1ccc(-c2cc(-c3ccc(-c4ccc5c(c4)C(c4ccccc4)(c4ccccc4)c4ccccc4-5)c4sc5ccccc5c34)nc(-c3ccccc3)n2)cc1. The van der Waals surface area contributed by atoms with E-state index in [1.165, 1.54) is 98.1 Å². The maximum Gasteiger partial charge on any atom is 0.160 e. The van der Waals surface area contributed by atoms with Crippen molar-refractivity contribution in [1.29, 1.82) is 0 Å². The summed E-state index contributed by atoms with van der Waals surface area (Å²) in [5.41, 5.74) is 30.3. The summed E-state index contributed by atoms with van der Waals surface area (Å²) in [6.07, 6.45) is 0. The van der Waals surface area contributed by atoms with E-state index in [4.69, 9.17) is 24.4 Å². The molecule has 20 aromatic rings. The highest BCUT2D eigenvalue weighted by Crippen LogP contribution is 2.60. The smallest absolute Gasteiger partial charge is 0.160 e. The molecule has 22 rings (SSSR count). The molecule has 0 bridgehead atoms. The fraction of sp³-hybridized carbons (Fsp3) is 0.0189. The van der Waals surface area contributed by atoms with Gasteiger partial charge in [0.1, 0.15) is 11.2 Å². The van der Waals surface area contributed by atoms with E-state index >= 15 is 0 Å². The molecule has 0 fully saturated rings. The summed E-state index contributed by atoms with van der Waals surface area (Å²) in [5, 5.41) is 4.55. The molecule has 0 unspecified atom stereocenters. The first-order chi connectivity index (χ1) is 55.5. The van der Waals surface area contributed by atoms with Crippen molar-refractivity contribution in [2.45, 2.75) is 10.8 Å². The Labute approximate surface area is 653 Å². The third-order valence-corrected chi connectivity index (χ3v) is 24.0. The molecule has 0 radical (unpaired) electrons. The van der Waals surface area contributed by atoms with E-state index in [0.29, 0.717) is 5.82 Å². The number of hydrogen-bond acceptors (Lipinski definition) is 6. The van der Waals surface area contributed by atoms with Crippen LogP contribution in [0.15, 0.2) is 417 Å². The molecule has 0 amide bonds. The van der Waals surface area contributed by atoms with E-state index < -0.39 is 10.8 Å². The summed E-state index contributed by atoms with van der Waals surface area (Å²) in [5.74, 6) is 1.40. The Hall–Kier alpha value is -14.3. The van der Waals surface area contributed by atoms with E-state index in [-0.39, 0.29) is 0 Å². The lowest BCUT2D eigenvalue weighted by molar-refractivity contribution is 0.670. The van der Waals surface area contributed by atoms with Gasteiger partial charge in [-0.2, -0.15) is 0 Å². The van der Waals surface area contributed by atoms with Crippen LogP contribution < -0.4 is 0 Å². The highest BCUT2D eigenvalue weighted by Gasteiger charge is 2.48. The first kappa shape index (κ1) is 65.9. The summed E-state index contributed by atoms with van der Waals surface area (Å²) in [6, 6.07) is 148. The molecule has 6 heteroatoms. The molecule has 16 aromatic carbocycles. The number of furan rings is 1. The van der Waals surface area contributed by atoms with Gasteiger partial charge in [0.15, 0.2) is 11.6 Å². The molecule has 0 atom stereocenters. The van der Waals surface area contributed by atoms with Gasteiger partial charge in [-0.25, -0.2) is 19.9 Å². The Morgan fingerprint density at radius 1 is 0.223 bits per heavy atom. The molecular formula is C106H68N4OS. The van der Waals surface area contributed by atoms with Crippen molar-refractivity contribution in [2.75, 3.05) is 0 Å². The largest absolute Gasteiger partial charge is 0.455 e. The van der Waals surface area contributed by atoms with E-state index in [1.54, 1.807) is 0 Å². The maximum absolute atomic E-state index is 6.89. The standard InChI is InChI=1S/C53H34N2O.C53H34N2S/c2*1-5-17-35(18-6-1)47-34-48(55-52(54-47)36-19-7-2-8-20-36)43-32-31-40(51-50(43)44-26-14-16-28-49(44)56-51)37-29-30-42-41-25-13-15-27-45(41)53(46(42)33-37,38-21-9-3-10-22-38)39-23-11-4-12-24-39/h2*1-34H. The number of para-hydroxylation sites is 1. The predicted molar refractivity (Wildman–Crippen MR) is 462 cm³/mol. The van der Waals surface area contributed by atoms with Crippen molar-refractivity contribution in [2.24, 2.45) is 0 Å². The average molecular weight is 1450 g/mol. The first-order valence-corrected chi connectivity index (χ1v) is 39.0. The third kappa shape index (κ3) is 10.8. The van der Waals surface area contributed by atoms with Crippen molar-refractivity contribution in [3.63, 3.8) is 0 Å². The number of benzene rings is 16. The average Bonchev–Trinajstić information content (AvgIpc) is 1.51. The summed E-state index contributed by atoms with van der Waals surface area (Å²) >= 11 is 1.86. The Morgan fingerprint density at radius 2 is 0.562 bits per heavy atom. The minimum atomic E-state index is -0.500. The highest BCUT2D eigenvalue weighted by atomic mass is 32.1. The van der Waals surface area contributed by atoms with Crippen LogP contribution in [0, 0.1) is 0 Å². The van der Waals surface area contributed by atoms with Crippen LogP contribution in [0.4, 0.5) is 0 Å². The van der Waals surface area contributed by atoms with Crippen LogP contribution in [0.5, 0.6) is 0 Å². The Bertz CT molecular complexity index is 6350. The van der Waals surface area contributed by atoms with Crippen LogP contribution >= 0.6 is 11.3 Å². The molecule has 0 saturated heterocycles. The van der Waals surface area contributed by atoms with Gasteiger partial charge in [0, 0.05) is 69.9 Å². The molecule has 2 aliphatic carbocycles. The number of nitrogens with zero attached hydrogens (tertiary/aromatic N) is 4. The van der Waals surface area contributed by atoms with E-state index in [9.17, 15) is 0 Å². The van der Waals surface area contributed by atoms with Gasteiger partial charge in [-0.3, -0.25) is 0 Å². The lowest BCUT2D eigenvalue weighted by Crippen LogP contribution is -2.28. The molecule has 112 heavy (non-hydrogen) atoms. The molecule has 2 aliphatic rings. The van der Waals surface area contributed by atoms with Crippen molar-refractivity contribution in [3.8, 4) is 112 Å². The molecule has 0 saturated carbocycles. The van der Waals surface area contributed by atoms with Crippen LogP contribution in [0.25, 0.3) is 154 Å². The fourth-order valence-electron chi connectivity index (χ4n) is 17.9. The van der Waals surface area contributed by atoms with Gasteiger partial charge in [0.2, 0.25) is 0 Å². The van der Waals surface area contributed by atoms with Crippen molar-refractivity contribution >= 4 is 53.4 Å². The second kappa shape index (κ2) is 27.4. The molecule has 4 aromatic heterocycles. The van der Waals surface area contributed by atoms with Gasteiger partial charge in [0.05, 0.1) is 33.6 Å². The lowest BCUT2D eigenvalue weighted by Gasteiger charge is -2.34. The Morgan fingerprint density at radius 3 is 1.04 bits per heavy atom. The quantitative estimate of drug-likeness (QED) is 0.122. The van der Waals surface area contributed by atoms with Crippen LogP contribution in [-0.2, 0) is 10.8 Å². The highest BCUT2D eigenvalue weighted by molar-refractivity contribution is 7.26. The number of rotatable bonds is 12. The number of hydrogen-bond donors (Lipinski definition) is 0. The summed E-state index contributed by atoms with van der Waals surface area (Å²) in [4.78, 5) is 20.7.